The second-order valence-corrected chi connectivity index (χ2v) is 6.56. The monoisotopic (exact) mass is 338 g/mol. The lowest BCUT2D eigenvalue weighted by molar-refractivity contribution is 0.0787. The molecule has 1 amide bonds. The Balaban J connectivity index is 1.95. The van der Waals surface area contributed by atoms with E-state index in [0.29, 0.717) is 17.1 Å². The van der Waals surface area contributed by atoms with E-state index in [0.717, 1.165) is 27.7 Å². The van der Waals surface area contributed by atoms with E-state index in [1.165, 1.54) is 0 Å². The van der Waals surface area contributed by atoms with Crippen molar-refractivity contribution in [1.82, 2.24) is 9.88 Å². The molecule has 4 heteroatoms. The zero-order valence-electron chi connectivity index (χ0n) is 14.0. The third-order valence-corrected chi connectivity index (χ3v) is 4.25. The zero-order valence-corrected chi connectivity index (χ0v) is 14.8. The number of carbonyl (C=O) groups excluding carboxylic acids is 1. The minimum absolute atomic E-state index is 0.00829. The van der Waals surface area contributed by atoms with Gasteiger partial charge in [0.25, 0.3) is 5.91 Å². The van der Waals surface area contributed by atoms with E-state index in [-0.39, 0.29) is 5.91 Å². The van der Waals surface area contributed by atoms with Crippen LogP contribution in [0.2, 0.25) is 5.02 Å². The summed E-state index contributed by atoms with van der Waals surface area (Å²) in [6.07, 6.45) is 0. The first-order chi connectivity index (χ1) is 11.4. The molecule has 3 nitrogen and oxygen atoms in total. The average Bonchev–Trinajstić information content (AvgIpc) is 2.56. The number of carbonyl (C=O) groups is 1. The van der Waals surface area contributed by atoms with Gasteiger partial charge in [0.2, 0.25) is 0 Å². The molecule has 2 aromatic carbocycles. The van der Waals surface area contributed by atoms with Gasteiger partial charge in [-0.15, -0.1) is 0 Å². The Kier molecular flexibility index (Phi) is 4.54. The van der Waals surface area contributed by atoms with Gasteiger partial charge in [-0.3, -0.25) is 9.78 Å². The number of fused-ring (bicyclic) bond motifs is 1. The van der Waals surface area contributed by atoms with Gasteiger partial charge in [0.15, 0.2) is 0 Å². The van der Waals surface area contributed by atoms with E-state index in [1.54, 1.807) is 4.90 Å². The lowest BCUT2D eigenvalue weighted by atomic mass is 10.0. The van der Waals surface area contributed by atoms with Crippen LogP contribution in [0.3, 0.4) is 0 Å². The number of amides is 1. The summed E-state index contributed by atoms with van der Waals surface area (Å²) in [5, 5.41) is 1.59. The predicted octanol–water partition coefficient (Wildman–Crippen LogP) is 4.78. The van der Waals surface area contributed by atoms with E-state index >= 15 is 0 Å². The van der Waals surface area contributed by atoms with Gasteiger partial charge < -0.3 is 4.90 Å². The number of benzene rings is 2. The van der Waals surface area contributed by atoms with Gasteiger partial charge in [-0.2, -0.15) is 0 Å². The van der Waals surface area contributed by atoms with Crippen molar-refractivity contribution in [2.75, 3.05) is 7.05 Å². The molecule has 3 rings (SSSR count). The highest BCUT2D eigenvalue weighted by Crippen LogP contribution is 2.22. The highest BCUT2D eigenvalue weighted by molar-refractivity contribution is 6.30. The van der Waals surface area contributed by atoms with Gasteiger partial charge >= 0.3 is 0 Å². The third kappa shape index (κ3) is 3.41. The molecule has 1 heterocycles. The molecule has 1 aromatic heterocycles. The van der Waals surface area contributed by atoms with E-state index in [1.807, 2.05) is 69.4 Å². The van der Waals surface area contributed by atoms with Crippen LogP contribution in [-0.2, 0) is 6.54 Å². The van der Waals surface area contributed by atoms with Crippen molar-refractivity contribution in [2.45, 2.75) is 20.4 Å². The Morgan fingerprint density at radius 1 is 1.08 bits per heavy atom. The van der Waals surface area contributed by atoms with E-state index in [2.05, 4.69) is 4.98 Å². The highest BCUT2D eigenvalue weighted by atomic mass is 35.5. The van der Waals surface area contributed by atoms with Gasteiger partial charge in [0.05, 0.1) is 11.1 Å². The summed E-state index contributed by atoms with van der Waals surface area (Å²) in [7, 11) is 1.81. The quantitative estimate of drug-likeness (QED) is 0.688. The van der Waals surface area contributed by atoms with Crippen LogP contribution in [0.15, 0.2) is 48.5 Å². The maximum absolute atomic E-state index is 13.0. The Hall–Kier alpha value is -2.39. The summed E-state index contributed by atoms with van der Waals surface area (Å²) < 4.78 is 0. The lowest BCUT2D eigenvalue weighted by Gasteiger charge is -2.19. The summed E-state index contributed by atoms with van der Waals surface area (Å²) in [4.78, 5) is 19.2. The van der Waals surface area contributed by atoms with Crippen LogP contribution in [0, 0.1) is 13.8 Å². The standard InChI is InChI=1S/C20H19ClN2O/c1-13-4-9-19-17(10-13)18(11-14(2)22-19)20(24)23(3)12-15-5-7-16(21)8-6-15/h4-11H,12H2,1-3H3. The fourth-order valence-corrected chi connectivity index (χ4v) is 2.92. The molecule has 24 heavy (non-hydrogen) atoms. The van der Waals surface area contributed by atoms with Gasteiger partial charge in [0.1, 0.15) is 0 Å². The smallest absolute Gasteiger partial charge is 0.254 e. The average molecular weight is 339 g/mol. The number of hydrogen-bond acceptors (Lipinski definition) is 2. The first-order valence-corrected chi connectivity index (χ1v) is 8.20. The van der Waals surface area contributed by atoms with E-state index in [4.69, 9.17) is 11.6 Å². The Bertz CT molecular complexity index is 903. The van der Waals surface area contributed by atoms with Gasteiger partial charge in [0, 0.05) is 29.7 Å². The molecule has 0 saturated heterocycles. The Morgan fingerprint density at radius 2 is 1.79 bits per heavy atom. The molecule has 0 aliphatic rings. The number of halogens is 1. The van der Waals surface area contributed by atoms with Gasteiger partial charge in [-0.05, 0) is 49.7 Å². The van der Waals surface area contributed by atoms with Gasteiger partial charge in [-0.25, -0.2) is 0 Å². The first-order valence-electron chi connectivity index (χ1n) is 7.82. The van der Waals surface area contributed by atoms with Gasteiger partial charge in [-0.1, -0.05) is 35.4 Å². The van der Waals surface area contributed by atoms with Crippen LogP contribution >= 0.6 is 11.6 Å². The molecule has 3 aromatic rings. The molecule has 0 bridgehead atoms. The second kappa shape index (κ2) is 6.62. The number of aromatic nitrogens is 1. The molecule has 0 unspecified atom stereocenters. The minimum atomic E-state index is -0.00829. The maximum atomic E-state index is 13.0. The SMILES string of the molecule is Cc1ccc2nc(C)cc(C(=O)N(C)Cc3ccc(Cl)cc3)c2c1. The van der Waals surface area contributed by atoms with Crippen LogP contribution < -0.4 is 0 Å². The zero-order chi connectivity index (χ0) is 17.3. The summed E-state index contributed by atoms with van der Waals surface area (Å²) in [5.74, 6) is -0.00829. The van der Waals surface area contributed by atoms with Crippen molar-refractivity contribution < 1.29 is 4.79 Å². The lowest BCUT2D eigenvalue weighted by Crippen LogP contribution is -2.26. The number of pyridine rings is 1. The summed E-state index contributed by atoms with van der Waals surface area (Å²) in [6, 6.07) is 15.4. The fourth-order valence-electron chi connectivity index (χ4n) is 2.79. The third-order valence-electron chi connectivity index (χ3n) is 4.00. The van der Waals surface area contributed by atoms with Crippen LogP contribution in [0.25, 0.3) is 10.9 Å². The molecular formula is C20H19ClN2O. The normalized spacial score (nSPS) is 10.8. The molecule has 122 valence electrons. The topological polar surface area (TPSA) is 33.2 Å². The molecule has 0 aliphatic heterocycles. The van der Waals surface area contributed by atoms with Crippen LogP contribution in [0.5, 0.6) is 0 Å². The fraction of sp³-hybridized carbons (Fsp3) is 0.200. The van der Waals surface area contributed by atoms with E-state index < -0.39 is 0 Å². The van der Waals surface area contributed by atoms with Crippen molar-refractivity contribution in [3.8, 4) is 0 Å². The minimum Gasteiger partial charge on any atom is -0.337 e. The van der Waals surface area contributed by atoms with Crippen LogP contribution in [-0.4, -0.2) is 22.8 Å². The highest BCUT2D eigenvalue weighted by Gasteiger charge is 2.16. The van der Waals surface area contributed by atoms with Crippen molar-refractivity contribution >= 4 is 28.4 Å². The van der Waals surface area contributed by atoms with Crippen molar-refractivity contribution in [3.05, 3.63) is 75.9 Å². The molecular weight excluding hydrogens is 320 g/mol. The predicted molar refractivity (Wildman–Crippen MR) is 98.5 cm³/mol. The largest absolute Gasteiger partial charge is 0.337 e. The number of aryl methyl sites for hydroxylation is 2. The van der Waals surface area contributed by atoms with Crippen molar-refractivity contribution in [3.63, 3.8) is 0 Å². The number of nitrogens with zero attached hydrogens (tertiary/aromatic N) is 2. The maximum Gasteiger partial charge on any atom is 0.254 e. The molecule has 0 atom stereocenters. The molecule has 0 N–H and O–H groups in total. The molecule has 0 radical (unpaired) electrons. The Labute approximate surface area is 146 Å². The van der Waals surface area contributed by atoms with E-state index in [9.17, 15) is 4.79 Å². The summed E-state index contributed by atoms with van der Waals surface area (Å²) in [5.41, 5.74) is 4.54. The molecule has 0 fully saturated rings. The van der Waals surface area contributed by atoms with Crippen molar-refractivity contribution in [1.29, 1.82) is 0 Å². The summed E-state index contributed by atoms with van der Waals surface area (Å²) >= 11 is 5.92. The number of rotatable bonds is 3. The number of hydrogen-bond donors (Lipinski definition) is 0. The van der Waals surface area contributed by atoms with Crippen LogP contribution in [0.1, 0.15) is 27.2 Å². The van der Waals surface area contributed by atoms with Crippen molar-refractivity contribution in [2.24, 2.45) is 0 Å². The Morgan fingerprint density at radius 3 is 2.50 bits per heavy atom. The summed E-state index contributed by atoms with van der Waals surface area (Å²) in [6.45, 7) is 4.46. The molecule has 0 saturated carbocycles. The second-order valence-electron chi connectivity index (χ2n) is 6.12. The molecule has 0 spiro atoms. The van der Waals surface area contributed by atoms with Crippen LogP contribution in [0.4, 0.5) is 0 Å². The first kappa shape index (κ1) is 16.5. The molecule has 0 aliphatic carbocycles.